The first-order chi connectivity index (χ1) is 7.72. The Balaban J connectivity index is 2.80. The van der Waals surface area contributed by atoms with Crippen LogP contribution in [0.4, 0.5) is 5.69 Å². The number of anilines is 1. The van der Waals surface area contributed by atoms with E-state index in [2.05, 4.69) is 30.1 Å². The molecule has 0 bridgehead atoms. The van der Waals surface area contributed by atoms with Gasteiger partial charge in [0, 0.05) is 30.7 Å². The molecule has 1 aromatic heterocycles. The zero-order valence-corrected chi connectivity index (χ0v) is 11.0. The molecule has 1 rings (SSSR count). The largest absolute Gasteiger partial charge is 0.390 e. The quantitative estimate of drug-likeness (QED) is 0.826. The molecule has 0 amide bonds. The van der Waals surface area contributed by atoms with E-state index in [9.17, 15) is 0 Å². The molecule has 0 fully saturated rings. The average molecular weight is 240 g/mol. The third-order valence-corrected chi connectivity index (χ3v) is 3.47. The molecule has 1 unspecified atom stereocenters. The maximum atomic E-state index is 9.06. The Morgan fingerprint density at radius 3 is 2.88 bits per heavy atom. The Kier molecular flexibility index (Phi) is 5.63. The van der Waals surface area contributed by atoms with Crippen LogP contribution in [0.1, 0.15) is 19.0 Å². The molecule has 0 aromatic carbocycles. The molecule has 0 aliphatic carbocycles. The predicted molar refractivity (Wildman–Crippen MR) is 71.0 cm³/mol. The first-order valence-corrected chi connectivity index (χ1v) is 6.89. The van der Waals surface area contributed by atoms with E-state index in [1.54, 1.807) is 6.20 Å². The van der Waals surface area contributed by atoms with Crippen molar-refractivity contribution < 1.29 is 5.11 Å². The Morgan fingerprint density at radius 2 is 2.31 bits per heavy atom. The van der Waals surface area contributed by atoms with Crippen molar-refractivity contribution >= 4 is 17.4 Å². The van der Waals surface area contributed by atoms with Crippen LogP contribution in [0.2, 0.25) is 0 Å². The molecule has 1 atom stereocenters. The second-order valence-corrected chi connectivity index (χ2v) is 4.70. The van der Waals surface area contributed by atoms with Crippen LogP contribution in [0.25, 0.3) is 0 Å². The third kappa shape index (κ3) is 3.39. The van der Waals surface area contributed by atoms with Crippen molar-refractivity contribution in [1.82, 2.24) is 4.98 Å². The highest BCUT2D eigenvalue weighted by atomic mass is 32.2. The zero-order valence-electron chi connectivity index (χ0n) is 10.2. The van der Waals surface area contributed by atoms with Crippen LogP contribution in [0, 0.1) is 0 Å². The fourth-order valence-electron chi connectivity index (χ4n) is 1.68. The van der Waals surface area contributed by atoms with E-state index in [-0.39, 0.29) is 6.61 Å². The van der Waals surface area contributed by atoms with E-state index in [0.29, 0.717) is 6.04 Å². The summed E-state index contributed by atoms with van der Waals surface area (Å²) in [6.07, 6.45) is 5.00. The number of aliphatic hydroxyl groups excluding tert-OH is 1. The van der Waals surface area contributed by atoms with Gasteiger partial charge in [-0.3, -0.25) is 4.98 Å². The molecule has 0 spiro atoms. The summed E-state index contributed by atoms with van der Waals surface area (Å²) in [5.41, 5.74) is 1.85. The second kappa shape index (κ2) is 6.76. The lowest BCUT2D eigenvalue weighted by Gasteiger charge is -2.29. The first-order valence-electron chi connectivity index (χ1n) is 5.50. The van der Waals surface area contributed by atoms with E-state index in [0.717, 1.165) is 23.6 Å². The zero-order chi connectivity index (χ0) is 12.0. The normalized spacial score (nSPS) is 12.5. The van der Waals surface area contributed by atoms with Gasteiger partial charge in [-0.15, -0.1) is 0 Å². The molecule has 1 aromatic rings. The van der Waals surface area contributed by atoms with Crippen LogP contribution in [0.3, 0.4) is 0 Å². The van der Waals surface area contributed by atoms with Crippen molar-refractivity contribution in [2.24, 2.45) is 0 Å². The van der Waals surface area contributed by atoms with Crippen LogP contribution < -0.4 is 4.90 Å². The minimum Gasteiger partial charge on any atom is -0.390 e. The van der Waals surface area contributed by atoms with Crippen molar-refractivity contribution in [2.45, 2.75) is 26.0 Å². The van der Waals surface area contributed by atoms with Crippen molar-refractivity contribution in [3.8, 4) is 0 Å². The smallest absolute Gasteiger partial charge is 0.0853 e. The lowest BCUT2D eigenvalue weighted by molar-refractivity contribution is 0.277. The number of thioether (sulfide) groups is 1. The number of hydrogen-bond acceptors (Lipinski definition) is 4. The molecular weight excluding hydrogens is 220 g/mol. The molecule has 1 N–H and O–H groups in total. The summed E-state index contributed by atoms with van der Waals surface area (Å²) in [5, 5.41) is 9.06. The van der Waals surface area contributed by atoms with Gasteiger partial charge in [0.05, 0.1) is 12.3 Å². The number of hydrogen-bond donors (Lipinski definition) is 1. The minimum atomic E-state index is 0.000992. The summed E-state index contributed by atoms with van der Waals surface area (Å²) in [6.45, 7) is 2.20. The second-order valence-electron chi connectivity index (χ2n) is 3.79. The highest BCUT2D eigenvalue weighted by Crippen LogP contribution is 2.19. The predicted octanol–water partition coefficient (Wildman–Crippen LogP) is 2.15. The molecule has 4 heteroatoms. The van der Waals surface area contributed by atoms with E-state index < -0.39 is 0 Å². The molecule has 0 aliphatic rings. The summed E-state index contributed by atoms with van der Waals surface area (Å²) < 4.78 is 0. The minimum absolute atomic E-state index is 0.000992. The van der Waals surface area contributed by atoms with Gasteiger partial charge in [0.2, 0.25) is 0 Å². The first kappa shape index (κ1) is 13.3. The number of pyridine rings is 1. The number of aliphatic hydroxyl groups is 1. The van der Waals surface area contributed by atoms with Gasteiger partial charge in [0.1, 0.15) is 0 Å². The topological polar surface area (TPSA) is 36.4 Å². The Hall–Kier alpha value is -0.740. The summed E-state index contributed by atoms with van der Waals surface area (Å²) in [5.74, 6) is 1.11. The van der Waals surface area contributed by atoms with E-state index in [4.69, 9.17) is 5.11 Å². The van der Waals surface area contributed by atoms with Crippen molar-refractivity contribution in [3.05, 3.63) is 24.0 Å². The highest BCUT2D eigenvalue weighted by Gasteiger charge is 2.12. The van der Waals surface area contributed by atoms with Crippen molar-refractivity contribution in [3.63, 3.8) is 0 Å². The van der Waals surface area contributed by atoms with E-state index >= 15 is 0 Å². The Morgan fingerprint density at radius 1 is 1.56 bits per heavy atom. The molecule has 90 valence electrons. The summed E-state index contributed by atoms with van der Waals surface area (Å²) in [6, 6.07) is 4.47. The van der Waals surface area contributed by atoms with Gasteiger partial charge in [-0.05, 0) is 24.8 Å². The number of rotatable bonds is 6. The van der Waals surface area contributed by atoms with Crippen LogP contribution in [0.15, 0.2) is 18.3 Å². The van der Waals surface area contributed by atoms with Crippen LogP contribution in [0.5, 0.6) is 0 Å². The Labute approximate surface area is 102 Å². The number of nitrogens with zero attached hydrogens (tertiary/aromatic N) is 2. The molecule has 1 heterocycles. The standard InChI is InChI=1S/C12H20N2OS/c1-4-11(9-16-3)14(2)12-5-6-13-10(7-12)8-15/h5-7,11,15H,4,8-9H2,1-3H3. The van der Waals surface area contributed by atoms with Crippen molar-refractivity contribution in [1.29, 1.82) is 0 Å². The lowest BCUT2D eigenvalue weighted by atomic mass is 10.2. The van der Waals surface area contributed by atoms with E-state index in [1.165, 1.54) is 0 Å². The SMILES string of the molecule is CCC(CSC)N(C)c1ccnc(CO)c1. The Bertz CT molecular complexity index is 320. The van der Waals surface area contributed by atoms with Gasteiger partial charge in [0.25, 0.3) is 0 Å². The average Bonchev–Trinajstić information content (AvgIpc) is 2.35. The van der Waals surface area contributed by atoms with Gasteiger partial charge >= 0.3 is 0 Å². The molecule has 16 heavy (non-hydrogen) atoms. The number of aromatic nitrogens is 1. The monoisotopic (exact) mass is 240 g/mol. The highest BCUT2D eigenvalue weighted by molar-refractivity contribution is 7.98. The fraction of sp³-hybridized carbons (Fsp3) is 0.583. The van der Waals surface area contributed by atoms with Gasteiger partial charge < -0.3 is 10.0 Å². The maximum absolute atomic E-state index is 9.06. The van der Waals surface area contributed by atoms with Crippen LogP contribution >= 0.6 is 11.8 Å². The van der Waals surface area contributed by atoms with Crippen LogP contribution in [-0.4, -0.2) is 35.2 Å². The third-order valence-electron chi connectivity index (χ3n) is 2.75. The van der Waals surface area contributed by atoms with Gasteiger partial charge in [-0.1, -0.05) is 6.92 Å². The van der Waals surface area contributed by atoms with Gasteiger partial charge in [0.15, 0.2) is 0 Å². The molecule has 0 radical (unpaired) electrons. The molecule has 3 nitrogen and oxygen atoms in total. The molecular formula is C12H20N2OS. The summed E-state index contributed by atoms with van der Waals surface area (Å²) >= 11 is 1.86. The summed E-state index contributed by atoms with van der Waals surface area (Å²) in [7, 11) is 2.10. The van der Waals surface area contributed by atoms with E-state index in [1.807, 2.05) is 23.9 Å². The van der Waals surface area contributed by atoms with Crippen molar-refractivity contribution in [2.75, 3.05) is 24.0 Å². The van der Waals surface area contributed by atoms with Crippen LogP contribution in [-0.2, 0) is 6.61 Å². The lowest BCUT2D eigenvalue weighted by Crippen LogP contribution is -2.33. The van der Waals surface area contributed by atoms with Gasteiger partial charge in [-0.2, -0.15) is 11.8 Å². The maximum Gasteiger partial charge on any atom is 0.0853 e. The summed E-state index contributed by atoms with van der Waals surface area (Å²) in [4.78, 5) is 6.35. The molecule has 0 aliphatic heterocycles. The van der Waals surface area contributed by atoms with Gasteiger partial charge in [-0.25, -0.2) is 0 Å². The molecule has 0 saturated heterocycles. The fourth-order valence-corrected chi connectivity index (χ4v) is 2.52. The molecule has 0 saturated carbocycles.